The van der Waals surface area contributed by atoms with Crippen LogP contribution in [0.2, 0.25) is 5.02 Å². The largest absolute Gasteiger partial charge is 0.303 e. The van der Waals surface area contributed by atoms with Gasteiger partial charge in [-0.3, -0.25) is 0 Å². The van der Waals surface area contributed by atoms with Crippen LogP contribution in [0.15, 0.2) is 24.3 Å². The molecule has 0 saturated heterocycles. The monoisotopic (exact) mass is 293 g/mol. The van der Waals surface area contributed by atoms with Crippen molar-refractivity contribution in [3.05, 3.63) is 34.9 Å². The number of nitrogens with zero attached hydrogens (tertiary/aromatic N) is 1. The van der Waals surface area contributed by atoms with Crippen LogP contribution in [-0.2, 0) is 11.3 Å². The number of rotatable bonds is 5. The van der Waals surface area contributed by atoms with Gasteiger partial charge in [0.05, 0.1) is 0 Å². The smallest absolute Gasteiger partial charge is 0.127 e. The Hall–Kier alpha value is -0.860. The maximum Gasteiger partial charge on any atom is 0.127 e. The Bertz CT molecular complexity index is 462. The van der Waals surface area contributed by atoms with Gasteiger partial charge in [0.25, 0.3) is 0 Å². The van der Waals surface area contributed by atoms with E-state index in [0.717, 1.165) is 31.0 Å². The summed E-state index contributed by atoms with van der Waals surface area (Å²) in [5.74, 6) is 0.661. The van der Waals surface area contributed by atoms with Crippen molar-refractivity contribution in [2.24, 2.45) is 11.3 Å². The highest BCUT2D eigenvalue weighted by molar-refractivity contribution is 6.30. The SMILES string of the molecule is CC1CCCC(C=O)(CN(C)Cc2cccc(Cl)c2)C1. The first-order valence-corrected chi connectivity index (χ1v) is 7.80. The first-order valence-electron chi connectivity index (χ1n) is 7.42. The minimum absolute atomic E-state index is 0.148. The van der Waals surface area contributed by atoms with Crippen molar-refractivity contribution in [1.29, 1.82) is 0 Å². The van der Waals surface area contributed by atoms with E-state index in [2.05, 4.69) is 24.9 Å². The summed E-state index contributed by atoms with van der Waals surface area (Å²) in [6, 6.07) is 7.94. The van der Waals surface area contributed by atoms with E-state index in [1.165, 1.54) is 24.7 Å². The number of carbonyl (C=O) groups is 1. The Morgan fingerprint density at radius 1 is 1.50 bits per heavy atom. The van der Waals surface area contributed by atoms with Crippen molar-refractivity contribution in [3.8, 4) is 0 Å². The molecule has 2 atom stereocenters. The second-order valence-corrected chi connectivity index (χ2v) is 6.92. The van der Waals surface area contributed by atoms with E-state index in [-0.39, 0.29) is 5.41 Å². The summed E-state index contributed by atoms with van der Waals surface area (Å²) in [5.41, 5.74) is 1.05. The molecule has 0 amide bonds. The molecule has 1 aliphatic carbocycles. The molecular formula is C17H24ClNO. The average molecular weight is 294 g/mol. The summed E-state index contributed by atoms with van der Waals surface area (Å²) in [4.78, 5) is 13.9. The predicted molar refractivity (Wildman–Crippen MR) is 83.9 cm³/mol. The van der Waals surface area contributed by atoms with Crippen LogP contribution < -0.4 is 0 Å². The molecule has 0 aliphatic heterocycles. The molecule has 1 fully saturated rings. The third-order valence-corrected chi connectivity index (χ3v) is 4.54. The molecule has 2 unspecified atom stereocenters. The van der Waals surface area contributed by atoms with Crippen molar-refractivity contribution in [2.75, 3.05) is 13.6 Å². The van der Waals surface area contributed by atoms with Gasteiger partial charge in [-0.1, -0.05) is 43.5 Å². The van der Waals surface area contributed by atoms with Crippen LogP contribution in [0.25, 0.3) is 0 Å². The van der Waals surface area contributed by atoms with Gasteiger partial charge in [-0.2, -0.15) is 0 Å². The summed E-state index contributed by atoms with van der Waals surface area (Å²) in [5, 5.41) is 0.771. The number of hydrogen-bond acceptors (Lipinski definition) is 2. The van der Waals surface area contributed by atoms with E-state index in [9.17, 15) is 4.79 Å². The highest BCUT2D eigenvalue weighted by Crippen LogP contribution is 2.38. The molecule has 0 aromatic heterocycles. The van der Waals surface area contributed by atoms with Gasteiger partial charge in [0.2, 0.25) is 0 Å². The summed E-state index contributed by atoms with van der Waals surface area (Å²) < 4.78 is 0. The quantitative estimate of drug-likeness (QED) is 0.760. The first-order chi connectivity index (χ1) is 9.53. The molecule has 1 aromatic rings. The normalized spacial score (nSPS) is 26.7. The molecule has 1 aliphatic rings. The van der Waals surface area contributed by atoms with E-state index in [4.69, 9.17) is 11.6 Å². The standard InChI is InChI=1S/C17H24ClNO/c1-14-5-4-8-17(10-14,13-20)12-19(2)11-15-6-3-7-16(18)9-15/h3,6-7,9,13-14H,4-5,8,10-12H2,1-2H3. The zero-order valence-corrected chi connectivity index (χ0v) is 13.2. The second-order valence-electron chi connectivity index (χ2n) is 6.48. The highest BCUT2D eigenvalue weighted by atomic mass is 35.5. The topological polar surface area (TPSA) is 20.3 Å². The molecular weight excluding hydrogens is 270 g/mol. The molecule has 20 heavy (non-hydrogen) atoms. The van der Waals surface area contributed by atoms with Crippen molar-refractivity contribution in [3.63, 3.8) is 0 Å². The molecule has 0 spiro atoms. The molecule has 1 saturated carbocycles. The third-order valence-electron chi connectivity index (χ3n) is 4.30. The van der Waals surface area contributed by atoms with Crippen molar-refractivity contribution in [2.45, 2.75) is 39.2 Å². The van der Waals surface area contributed by atoms with Gasteiger partial charge < -0.3 is 9.69 Å². The van der Waals surface area contributed by atoms with Gasteiger partial charge in [-0.05, 0) is 43.5 Å². The molecule has 0 heterocycles. The molecule has 2 nitrogen and oxygen atoms in total. The minimum atomic E-state index is -0.148. The maximum atomic E-state index is 11.6. The van der Waals surface area contributed by atoms with E-state index in [1.807, 2.05) is 18.2 Å². The van der Waals surface area contributed by atoms with Crippen LogP contribution in [0.3, 0.4) is 0 Å². The van der Waals surface area contributed by atoms with E-state index in [1.54, 1.807) is 0 Å². The molecule has 2 rings (SSSR count). The van der Waals surface area contributed by atoms with Gasteiger partial charge in [-0.15, -0.1) is 0 Å². The minimum Gasteiger partial charge on any atom is -0.303 e. The van der Waals surface area contributed by atoms with E-state index < -0.39 is 0 Å². The Morgan fingerprint density at radius 2 is 2.30 bits per heavy atom. The molecule has 0 N–H and O–H groups in total. The lowest BCUT2D eigenvalue weighted by molar-refractivity contribution is -0.119. The third kappa shape index (κ3) is 4.07. The zero-order chi connectivity index (χ0) is 14.6. The maximum absolute atomic E-state index is 11.6. The van der Waals surface area contributed by atoms with Crippen LogP contribution in [0.1, 0.15) is 38.2 Å². The van der Waals surface area contributed by atoms with Crippen LogP contribution in [0, 0.1) is 11.3 Å². The predicted octanol–water partition coefficient (Wildman–Crippen LogP) is 4.17. The van der Waals surface area contributed by atoms with Crippen molar-refractivity contribution < 1.29 is 4.79 Å². The van der Waals surface area contributed by atoms with Gasteiger partial charge in [0, 0.05) is 23.5 Å². The van der Waals surface area contributed by atoms with Crippen molar-refractivity contribution in [1.82, 2.24) is 4.90 Å². The second kappa shape index (κ2) is 6.73. The fourth-order valence-corrected chi connectivity index (χ4v) is 3.74. The fourth-order valence-electron chi connectivity index (χ4n) is 3.53. The molecule has 3 heteroatoms. The summed E-state index contributed by atoms with van der Waals surface area (Å²) in [6.45, 7) is 3.94. The lowest BCUT2D eigenvalue weighted by Crippen LogP contribution is -2.40. The molecule has 110 valence electrons. The number of halogens is 1. The van der Waals surface area contributed by atoms with Crippen molar-refractivity contribution >= 4 is 17.9 Å². The number of benzene rings is 1. The molecule has 0 radical (unpaired) electrons. The number of hydrogen-bond donors (Lipinski definition) is 0. The van der Waals surface area contributed by atoms with E-state index >= 15 is 0 Å². The van der Waals surface area contributed by atoms with Crippen LogP contribution >= 0.6 is 11.6 Å². The lowest BCUT2D eigenvalue weighted by Gasteiger charge is -2.38. The Balaban J connectivity index is 1.98. The molecule has 0 bridgehead atoms. The van der Waals surface area contributed by atoms with Crippen LogP contribution in [-0.4, -0.2) is 24.8 Å². The summed E-state index contributed by atoms with van der Waals surface area (Å²) >= 11 is 6.02. The Kier molecular flexibility index (Phi) is 5.22. The lowest BCUT2D eigenvalue weighted by atomic mass is 9.71. The van der Waals surface area contributed by atoms with Gasteiger partial charge in [-0.25, -0.2) is 0 Å². The summed E-state index contributed by atoms with van der Waals surface area (Å²) in [7, 11) is 2.09. The van der Waals surface area contributed by atoms with Gasteiger partial charge >= 0.3 is 0 Å². The zero-order valence-electron chi connectivity index (χ0n) is 12.4. The van der Waals surface area contributed by atoms with Gasteiger partial charge in [0.1, 0.15) is 6.29 Å². The van der Waals surface area contributed by atoms with Gasteiger partial charge in [0.15, 0.2) is 0 Å². The van der Waals surface area contributed by atoms with Crippen LogP contribution in [0.4, 0.5) is 0 Å². The fraction of sp³-hybridized carbons (Fsp3) is 0.588. The van der Waals surface area contributed by atoms with E-state index in [0.29, 0.717) is 5.92 Å². The number of carbonyl (C=O) groups excluding carboxylic acids is 1. The Morgan fingerprint density at radius 3 is 2.95 bits per heavy atom. The first kappa shape index (κ1) is 15.5. The highest BCUT2D eigenvalue weighted by Gasteiger charge is 2.35. The average Bonchev–Trinajstić information content (AvgIpc) is 2.38. The van der Waals surface area contributed by atoms with Crippen LogP contribution in [0.5, 0.6) is 0 Å². The molecule has 1 aromatic carbocycles. The Labute approximate surface area is 127 Å². The number of aldehydes is 1. The summed E-state index contributed by atoms with van der Waals surface area (Å²) in [6.07, 6.45) is 5.69.